The summed E-state index contributed by atoms with van der Waals surface area (Å²) >= 11 is 0. The second-order valence-electron chi connectivity index (χ2n) is 5.04. The molecule has 1 aliphatic heterocycles. The van der Waals surface area contributed by atoms with Gasteiger partial charge in [-0.2, -0.15) is 5.10 Å². The van der Waals surface area contributed by atoms with E-state index in [-0.39, 0.29) is 11.9 Å². The molecule has 1 fully saturated rings. The Hall–Kier alpha value is -2.14. The van der Waals surface area contributed by atoms with Gasteiger partial charge in [-0.05, 0) is 43.1 Å². The van der Waals surface area contributed by atoms with Gasteiger partial charge in [-0.15, -0.1) is 0 Å². The molecule has 0 saturated carbocycles. The molecule has 20 heavy (non-hydrogen) atoms. The van der Waals surface area contributed by atoms with Gasteiger partial charge in [0.05, 0.1) is 12.6 Å². The summed E-state index contributed by atoms with van der Waals surface area (Å²) in [6.07, 6.45) is 5.69. The van der Waals surface area contributed by atoms with Crippen LogP contribution in [0.3, 0.4) is 0 Å². The Morgan fingerprint density at radius 3 is 2.90 bits per heavy atom. The minimum Gasteiger partial charge on any atom is -0.325 e. The Balaban J connectivity index is 1.59. The number of aromatic nitrogens is 2. The average molecular weight is 270 g/mol. The first-order valence-electron chi connectivity index (χ1n) is 6.92. The van der Waals surface area contributed by atoms with Crippen LogP contribution in [0.1, 0.15) is 18.4 Å². The second kappa shape index (κ2) is 5.88. The van der Waals surface area contributed by atoms with Crippen LogP contribution in [-0.2, 0) is 11.3 Å². The Bertz CT molecular complexity index is 556. The van der Waals surface area contributed by atoms with E-state index in [4.69, 9.17) is 0 Å². The number of anilines is 1. The number of amides is 1. The fraction of sp³-hybridized carbons (Fsp3) is 0.333. The number of hydrogen-bond donors (Lipinski definition) is 2. The molecule has 104 valence electrons. The van der Waals surface area contributed by atoms with Gasteiger partial charge in [0.15, 0.2) is 0 Å². The number of benzene rings is 1. The molecule has 5 nitrogen and oxygen atoms in total. The van der Waals surface area contributed by atoms with Gasteiger partial charge in [0.1, 0.15) is 0 Å². The third-order valence-electron chi connectivity index (χ3n) is 3.50. The molecule has 3 rings (SSSR count). The SMILES string of the molecule is O=C(Nc1ccc(Cn2cccn2)cc1)C1CCCN1. The molecule has 1 aliphatic rings. The normalized spacial score (nSPS) is 18.1. The highest BCUT2D eigenvalue weighted by Gasteiger charge is 2.21. The Labute approximate surface area is 118 Å². The second-order valence-corrected chi connectivity index (χ2v) is 5.04. The standard InChI is InChI=1S/C15H18N4O/c20-15(14-3-1-8-16-14)18-13-6-4-12(5-7-13)11-19-10-2-9-17-19/h2,4-7,9-10,14,16H,1,3,8,11H2,(H,18,20). The molecule has 2 aromatic rings. The lowest BCUT2D eigenvalue weighted by atomic mass is 10.2. The number of carbonyl (C=O) groups excluding carboxylic acids is 1. The van der Waals surface area contributed by atoms with E-state index in [2.05, 4.69) is 15.7 Å². The zero-order valence-electron chi connectivity index (χ0n) is 11.2. The molecule has 1 aromatic carbocycles. The smallest absolute Gasteiger partial charge is 0.241 e. The van der Waals surface area contributed by atoms with Crippen molar-refractivity contribution in [1.82, 2.24) is 15.1 Å². The van der Waals surface area contributed by atoms with Crippen molar-refractivity contribution in [1.29, 1.82) is 0 Å². The number of rotatable bonds is 4. The molecule has 1 unspecified atom stereocenters. The van der Waals surface area contributed by atoms with Crippen molar-refractivity contribution in [3.8, 4) is 0 Å². The van der Waals surface area contributed by atoms with Gasteiger partial charge in [-0.3, -0.25) is 9.48 Å². The summed E-state index contributed by atoms with van der Waals surface area (Å²) in [5, 5.41) is 10.3. The monoisotopic (exact) mass is 270 g/mol. The molecule has 1 amide bonds. The zero-order valence-corrected chi connectivity index (χ0v) is 11.2. The lowest BCUT2D eigenvalue weighted by Gasteiger charge is -2.11. The van der Waals surface area contributed by atoms with Gasteiger partial charge < -0.3 is 10.6 Å². The van der Waals surface area contributed by atoms with Crippen LogP contribution < -0.4 is 10.6 Å². The third-order valence-corrected chi connectivity index (χ3v) is 3.50. The number of hydrogen-bond acceptors (Lipinski definition) is 3. The van der Waals surface area contributed by atoms with Gasteiger partial charge in [0.25, 0.3) is 0 Å². The summed E-state index contributed by atoms with van der Waals surface area (Å²) in [6.45, 7) is 1.67. The summed E-state index contributed by atoms with van der Waals surface area (Å²) in [7, 11) is 0. The molecule has 5 heteroatoms. The summed E-state index contributed by atoms with van der Waals surface area (Å²) in [5.74, 6) is 0.0577. The van der Waals surface area contributed by atoms with Crippen molar-refractivity contribution < 1.29 is 4.79 Å². The van der Waals surface area contributed by atoms with Crippen molar-refractivity contribution in [2.75, 3.05) is 11.9 Å². The molecule has 0 bridgehead atoms. The highest BCUT2D eigenvalue weighted by molar-refractivity contribution is 5.95. The predicted molar refractivity (Wildman–Crippen MR) is 77.4 cm³/mol. The maximum Gasteiger partial charge on any atom is 0.241 e. The van der Waals surface area contributed by atoms with E-state index in [9.17, 15) is 4.79 Å². The molecule has 1 aromatic heterocycles. The lowest BCUT2D eigenvalue weighted by Crippen LogP contribution is -2.35. The largest absolute Gasteiger partial charge is 0.325 e. The highest BCUT2D eigenvalue weighted by atomic mass is 16.2. The van der Waals surface area contributed by atoms with Gasteiger partial charge in [0.2, 0.25) is 5.91 Å². The molecule has 1 saturated heterocycles. The Kier molecular flexibility index (Phi) is 3.78. The fourth-order valence-corrected chi connectivity index (χ4v) is 2.41. The van der Waals surface area contributed by atoms with Gasteiger partial charge >= 0.3 is 0 Å². The quantitative estimate of drug-likeness (QED) is 0.887. The molecule has 0 radical (unpaired) electrons. The lowest BCUT2D eigenvalue weighted by molar-refractivity contribution is -0.117. The zero-order chi connectivity index (χ0) is 13.8. The first-order chi connectivity index (χ1) is 9.81. The van der Waals surface area contributed by atoms with Crippen molar-refractivity contribution in [3.63, 3.8) is 0 Å². The summed E-state index contributed by atoms with van der Waals surface area (Å²) < 4.78 is 1.87. The minimum absolute atomic E-state index is 0.0428. The maximum absolute atomic E-state index is 12.0. The average Bonchev–Trinajstić information content (AvgIpc) is 3.13. The number of carbonyl (C=O) groups is 1. The van der Waals surface area contributed by atoms with Gasteiger partial charge in [-0.1, -0.05) is 12.1 Å². The van der Waals surface area contributed by atoms with Crippen LogP contribution in [0.5, 0.6) is 0 Å². The van der Waals surface area contributed by atoms with E-state index in [0.29, 0.717) is 0 Å². The molecule has 0 spiro atoms. The maximum atomic E-state index is 12.0. The summed E-state index contributed by atoms with van der Waals surface area (Å²) in [5.41, 5.74) is 2.00. The van der Waals surface area contributed by atoms with Crippen molar-refractivity contribution in [2.24, 2.45) is 0 Å². The van der Waals surface area contributed by atoms with E-state index in [1.165, 1.54) is 0 Å². The molecule has 0 aliphatic carbocycles. The topological polar surface area (TPSA) is 59.0 Å². The molecular formula is C15H18N4O. The van der Waals surface area contributed by atoms with Crippen molar-refractivity contribution >= 4 is 11.6 Å². The van der Waals surface area contributed by atoms with E-state index in [1.807, 2.05) is 41.2 Å². The van der Waals surface area contributed by atoms with E-state index < -0.39 is 0 Å². The number of nitrogens with zero attached hydrogens (tertiary/aromatic N) is 2. The van der Waals surface area contributed by atoms with Crippen LogP contribution in [0.2, 0.25) is 0 Å². The molecule has 2 N–H and O–H groups in total. The third kappa shape index (κ3) is 3.05. The van der Waals surface area contributed by atoms with Crippen LogP contribution in [-0.4, -0.2) is 28.3 Å². The first-order valence-corrected chi connectivity index (χ1v) is 6.92. The summed E-state index contributed by atoms with van der Waals surface area (Å²) in [4.78, 5) is 12.0. The molecule has 2 heterocycles. The fourth-order valence-electron chi connectivity index (χ4n) is 2.41. The minimum atomic E-state index is -0.0428. The predicted octanol–water partition coefficient (Wildman–Crippen LogP) is 1.62. The highest BCUT2D eigenvalue weighted by Crippen LogP contribution is 2.13. The van der Waals surface area contributed by atoms with Crippen LogP contribution in [0.15, 0.2) is 42.7 Å². The Morgan fingerprint density at radius 1 is 1.40 bits per heavy atom. The van der Waals surface area contributed by atoms with Gasteiger partial charge in [0, 0.05) is 18.1 Å². The molecular weight excluding hydrogens is 252 g/mol. The van der Waals surface area contributed by atoms with Crippen molar-refractivity contribution in [3.05, 3.63) is 48.3 Å². The first kappa shape index (κ1) is 12.9. The van der Waals surface area contributed by atoms with E-state index in [0.717, 1.165) is 37.2 Å². The summed E-state index contributed by atoms with van der Waals surface area (Å²) in [6, 6.07) is 9.76. The van der Waals surface area contributed by atoms with Crippen LogP contribution in [0.4, 0.5) is 5.69 Å². The van der Waals surface area contributed by atoms with Crippen LogP contribution in [0, 0.1) is 0 Å². The van der Waals surface area contributed by atoms with Crippen LogP contribution in [0.25, 0.3) is 0 Å². The van der Waals surface area contributed by atoms with Crippen LogP contribution >= 0.6 is 0 Å². The van der Waals surface area contributed by atoms with Gasteiger partial charge in [-0.25, -0.2) is 0 Å². The molecule has 1 atom stereocenters. The number of nitrogens with one attached hydrogen (secondary N) is 2. The van der Waals surface area contributed by atoms with Crippen molar-refractivity contribution in [2.45, 2.75) is 25.4 Å². The Morgan fingerprint density at radius 2 is 2.25 bits per heavy atom. The van der Waals surface area contributed by atoms with E-state index >= 15 is 0 Å². The van der Waals surface area contributed by atoms with E-state index in [1.54, 1.807) is 6.20 Å².